The Kier molecular flexibility index (Phi) is 6.30. The van der Waals surface area contributed by atoms with Gasteiger partial charge in [0.05, 0.1) is 17.6 Å². The number of ether oxygens (including phenoxy) is 2. The topological polar surface area (TPSA) is 93.1 Å². The first-order valence-electron chi connectivity index (χ1n) is 8.31. The van der Waals surface area contributed by atoms with Crippen LogP contribution in [0.5, 0.6) is 11.5 Å². The van der Waals surface area contributed by atoms with Crippen molar-refractivity contribution in [1.82, 2.24) is 4.90 Å². The molecule has 1 saturated heterocycles. The van der Waals surface area contributed by atoms with E-state index in [0.29, 0.717) is 27.5 Å². The van der Waals surface area contributed by atoms with Crippen LogP contribution in [0.2, 0.25) is 0 Å². The summed E-state index contributed by atoms with van der Waals surface area (Å²) in [6, 6.07) is 13.1. The number of aliphatic carboxylic acids is 1. The molecular weight excluding hydrogens is 414 g/mol. The van der Waals surface area contributed by atoms with Crippen molar-refractivity contribution in [1.29, 1.82) is 0 Å². The maximum Gasteiger partial charge on any atom is 0.343 e. The average molecular weight is 429 g/mol. The van der Waals surface area contributed by atoms with Gasteiger partial charge in [0.15, 0.2) is 0 Å². The highest BCUT2D eigenvalue weighted by Crippen LogP contribution is 2.32. The zero-order valence-electron chi connectivity index (χ0n) is 15.2. The van der Waals surface area contributed by atoms with Gasteiger partial charge in [0.2, 0.25) is 0 Å². The molecule has 1 aliphatic rings. The van der Waals surface area contributed by atoms with Crippen molar-refractivity contribution in [3.63, 3.8) is 0 Å². The van der Waals surface area contributed by atoms with Crippen LogP contribution >= 0.6 is 24.0 Å². The first-order valence-corrected chi connectivity index (χ1v) is 9.53. The van der Waals surface area contributed by atoms with Gasteiger partial charge in [-0.1, -0.05) is 36.1 Å². The largest absolute Gasteiger partial charge is 0.497 e. The molecule has 2 aromatic rings. The summed E-state index contributed by atoms with van der Waals surface area (Å²) in [5.74, 6) is -1.10. The van der Waals surface area contributed by atoms with Crippen LogP contribution in [0.3, 0.4) is 0 Å². The highest BCUT2D eigenvalue weighted by Gasteiger charge is 2.33. The maximum atomic E-state index is 12.3. The van der Waals surface area contributed by atoms with Gasteiger partial charge in [0.25, 0.3) is 5.91 Å². The predicted octanol–water partition coefficient (Wildman–Crippen LogP) is 3.20. The number of benzene rings is 2. The highest BCUT2D eigenvalue weighted by atomic mass is 32.2. The lowest BCUT2D eigenvalue weighted by Gasteiger charge is -2.10. The zero-order chi connectivity index (χ0) is 21.0. The molecule has 0 spiro atoms. The fraction of sp³-hybridized carbons (Fsp3) is 0.100. The van der Waals surface area contributed by atoms with Gasteiger partial charge in [-0.3, -0.25) is 14.5 Å². The molecular formula is C20H15NO6S2. The number of rotatable bonds is 6. The molecule has 0 aromatic heterocycles. The molecule has 0 aliphatic carbocycles. The lowest BCUT2D eigenvalue weighted by Crippen LogP contribution is -2.33. The van der Waals surface area contributed by atoms with Crippen molar-refractivity contribution >= 4 is 52.2 Å². The van der Waals surface area contributed by atoms with Gasteiger partial charge in [0.1, 0.15) is 22.4 Å². The number of hydrogen-bond acceptors (Lipinski definition) is 7. The van der Waals surface area contributed by atoms with Crippen molar-refractivity contribution in [3.8, 4) is 11.5 Å². The number of amides is 1. The van der Waals surface area contributed by atoms with E-state index in [2.05, 4.69) is 0 Å². The van der Waals surface area contributed by atoms with Crippen LogP contribution in [0.15, 0.2) is 53.4 Å². The summed E-state index contributed by atoms with van der Waals surface area (Å²) in [5.41, 5.74) is 1.07. The molecule has 9 heteroatoms. The molecule has 1 amide bonds. The Hall–Kier alpha value is -3.17. The molecule has 1 N–H and O–H groups in total. The van der Waals surface area contributed by atoms with E-state index in [0.717, 1.165) is 16.7 Å². The Balaban J connectivity index is 1.67. The van der Waals surface area contributed by atoms with E-state index in [9.17, 15) is 14.4 Å². The van der Waals surface area contributed by atoms with Gasteiger partial charge < -0.3 is 14.6 Å². The number of carbonyl (C=O) groups excluding carboxylic acids is 2. The predicted molar refractivity (Wildman–Crippen MR) is 112 cm³/mol. The van der Waals surface area contributed by atoms with Gasteiger partial charge in [-0.25, -0.2) is 4.79 Å². The molecule has 1 fully saturated rings. The van der Waals surface area contributed by atoms with E-state index in [1.807, 2.05) is 0 Å². The molecule has 3 rings (SSSR count). The van der Waals surface area contributed by atoms with E-state index in [4.69, 9.17) is 26.8 Å². The molecule has 7 nitrogen and oxygen atoms in total. The van der Waals surface area contributed by atoms with Gasteiger partial charge in [-0.05, 0) is 48.0 Å². The second-order valence-corrected chi connectivity index (χ2v) is 7.52. The average Bonchev–Trinajstić information content (AvgIpc) is 2.96. The van der Waals surface area contributed by atoms with Crippen LogP contribution in [0.1, 0.15) is 15.9 Å². The van der Waals surface area contributed by atoms with E-state index >= 15 is 0 Å². The number of methoxy groups -OCH3 is 1. The summed E-state index contributed by atoms with van der Waals surface area (Å²) in [6.07, 6.45) is 1.61. The van der Waals surface area contributed by atoms with Crippen molar-refractivity contribution < 1.29 is 29.0 Å². The number of carboxylic acid groups (broad SMARTS) is 1. The molecule has 0 radical (unpaired) electrons. The minimum Gasteiger partial charge on any atom is -0.497 e. The van der Waals surface area contributed by atoms with Crippen LogP contribution in [0.4, 0.5) is 0 Å². The molecule has 0 saturated carbocycles. The molecule has 1 aliphatic heterocycles. The molecule has 0 bridgehead atoms. The first-order chi connectivity index (χ1) is 13.9. The number of hydrogen-bond donors (Lipinski definition) is 1. The Morgan fingerprint density at radius 2 is 1.72 bits per heavy atom. The van der Waals surface area contributed by atoms with Gasteiger partial charge in [0, 0.05) is 0 Å². The fourth-order valence-electron chi connectivity index (χ4n) is 2.45. The minimum absolute atomic E-state index is 0.202. The summed E-state index contributed by atoms with van der Waals surface area (Å²) >= 11 is 6.10. The third-order valence-corrected chi connectivity index (χ3v) is 5.26. The summed E-state index contributed by atoms with van der Waals surface area (Å²) in [5, 5.41) is 8.87. The Bertz CT molecular complexity index is 999. The summed E-state index contributed by atoms with van der Waals surface area (Å²) in [7, 11) is 1.54. The molecule has 0 atom stereocenters. The smallest absolute Gasteiger partial charge is 0.343 e. The van der Waals surface area contributed by atoms with E-state index in [1.54, 1.807) is 61.7 Å². The van der Waals surface area contributed by atoms with Crippen LogP contribution < -0.4 is 9.47 Å². The second kappa shape index (κ2) is 8.89. The molecule has 0 unspecified atom stereocenters. The van der Waals surface area contributed by atoms with Crippen LogP contribution in [-0.4, -0.2) is 45.8 Å². The second-order valence-electron chi connectivity index (χ2n) is 5.85. The summed E-state index contributed by atoms with van der Waals surface area (Å²) < 4.78 is 10.6. The van der Waals surface area contributed by atoms with Crippen molar-refractivity contribution in [2.24, 2.45) is 0 Å². The standard InChI is InChI=1S/C20H15NO6S2/c1-26-14-8-4-13(5-9-14)19(25)27-15-6-2-12(3-7-15)10-16-18(24)21(11-17(22)23)20(28)29-16/h2-10H,11H2,1H3,(H,22,23). The molecule has 148 valence electrons. The Labute approximate surface area is 175 Å². The number of nitrogens with zero attached hydrogens (tertiary/aromatic N) is 1. The molecule has 29 heavy (non-hydrogen) atoms. The van der Waals surface area contributed by atoms with Gasteiger partial charge in [-0.2, -0.15) is 0 Å². The van der Waals surface area contributed by atoms with E-state index in [1.165, 1.54) is 0 Å². The van der Waals surface area contributed by atoms with Gasteiger partial charge >= 0.3 is 11.9 Å². The van der Waals surface area contributed by atoms with Crippen molar-refractivity contribution in [2.75, 3.05) is 13.7 Å². The normalized spacial score (nSPS) is 14.9. The third-order valence-electron chi connectivity index (χ3n) is 3.88. The number of thioether (sulfide) groups is 1. The van der Waals surface area contributed by atoms with Crippen LogP contribution in [0, 0.1) is 0 Å². The van der Waals surface area contributed by atoms with Crippen LogP contribution in [-0.2, 0) is 9.59 Å². The SMILES string of the molecule is COc1ccc(C(=O)Oc2ccc(C=C3SC(=S)N(CC(=O)O)C3=O)cc2)cc1. The molecule has 1 heterocycles. The zero-order valence-corrected chi connectivity index (χ0v) is 16.8. The number of carbonyl (C=O) groups is 3. The lowest BCUT2D eigenvalue weighted by molar-refractivity contribution is -0.140. The minimum atomic E-state index is -1.13. The van der Waals surface area contributed by atoms with Crippen molar-refractivity contribution in [3.05, 3.63) is 64.6 Å². The summed E-state index contributed by atoms with van der Waals surface area (Å²) in [4.78, 5) is 36.7. The van der Waals surface area contributed by atoms with Crippen LogP contribution in [0.25, 0.3) is 6.08 Å². The first kappa shape index (κ1) is 20.6. The number of thiocarbonyl (C=S) groups is 1. The Morgan fingerprint density at radius 3 is 2.31 bits per heavy atom. The van der Waals surface area contributed by atoms with E-state index in [-0.39, 0.29) is 4.32 Å². The van der Waals surface area contributed by atoms with Gasteiger partial charge in [-0.15, -0.1) is 0 Å². The quantitative estimate of drug-likeness (QED) is 0.324. The third kappa shape index (κ3) is 5.01. The molecule has 2 aromatic carbocycles. The lowest BCUT2D eigenvalue weighted by atomic mass is 10.2. The fourth-order valence-corrected chi connectivity index (χ4v) is 3.70. The van der Waals surface area contributed by atoms with Crippen molar-refractivity contribution in [2.45, 2.75) is 0 Å². The maximum absolute atomic E-state index is 12.3. The van der Waals surface area contributed by atoms with E-state index < -0.39 is 24.4 Å². The Morgan fingerprint density at radius 1 is 1.10 bits per heavy atom. The number of carboxylic acids is 1. The summed E-state index contributed by atoms with van der Waals surface area (Å²) in [6.45, 7) is -0.470. The monoisotopic (exact) mass is 429 g/mol. The highest BCUT2D eigenvalue weighted by molar-refractivity contribution is 8.26. The number of esters is 1.